The second-order valence-corrected chi connectivity index (χ2v) is 13.2. The van der Waals surface area contributed by atoms with Crippen molar-refractivity contribution in [1.29, 1.82) is 0 Å². The maximum absolute atomic E-state index is 12.2. The Hall–Kier alpha value is -5.12. The summed E-state index contributed by atoms with van der Waals surface area (Å²) in [6, 6.07) is 8.15. The number of carboxylic acids is 3. The van der Waals surface area contributed by atoms with Crippen molar-refractivity contribution in [2.75, 3.05) is 19.6 Å². The maximum Gasteiger partial charge on any atom is 0.326 e. The molecule has 2 unspecified atom stereocenters. The molecule has 0 aliphatic carbocycles. The van der Waals surface area contributed by atoms with Crippen LogP contribution in [0.5, 0.6) is 0 Å². The molecule has 0 aromatic carbocycles. The molecule has 0 saturated heterocycles. The number of carbonyl (C=O) groups is 6. The van der Waals surface area contributed by atoms with Crippen molar-refractivity contribution in [3.63, 3.8) is 0 Å². The Balaban J connectivity index is 1.46. The van der Waals surface area contributed by atoms with Gasteiger partial charge in [-0.2, -0.15) is 0 Å². The monoisotopic (exact) mass is 755 g/mol. The van der Waals surface area contributed by atoms with E-state index in [1.807, 2.05) is 48.8 Å². The fourth-order valence-corrected chi connectivity index (χ4v) is 5.64. The molecule has 0 aliphatic heterocycles. The van der Waals surface area contributed by atoms with E-state index in [2.05, 4.69) is 36.1 Å². The van der Waals surface area contributed by atoms with Gasteiger partial charge in [-0.1, -0.05) is 37.8 Å². The summed E-state index contributed by atoms with van der Waals surface area (Å²) >= 11 is 0. The summed E-state index contributed by atoms with van der Waals surface area (Å²) in [4.78, 5) is 81.2. The highest BCUT2D eigenvalue weighted by atomic mass is 16.4. The first kappa shape index (κ1) is 45.0. The maximum atomic E-state index is 12.2. The van der Waals surface area contributed by atoms with Crippen LogP contribution in [0.1, 0.15) is 108 Å². The van der Waals surface area contributed by atoms with E-state index in [1.165, 1.54) is 0 Å². The quantitative estimate of drug-likeness (QED) is 0.0563. The van der Waals surface area contributed by atoms with Crippen LogP contribution in [0, 0.1) is 0 Å². The molecular weight excluding hydrogens is 698 g/mol. The van der Waals surface area contributed by atoms with Crippen molar-refractivity contribution in [1.82, 2.24) is 36.1 Å². The lowest BCUT2D eigenvalue weighted by atomic mass is 10.1. The molecule has 0 radical (unpaired) electrons. The molecule has 7 N–H and O–H groups in total. The second-order valence-electron chi connectivity index (χ2n) is 13.2. The van der Waals surface area contributed by atoms with Crippen molar-refractivity contribution in [3.05, 3.63) is 60.2 Å². The normalized spacial score (nSPS) is 12.0. The molecule has 54 heavy (non-hydrogen) atoms. The highest BCUT2D eigenvalue weighted by molar-refractivity contribution is 5.86. The minimum Gasteiger partial charge on any atom is -0.481 e. The molecule has 0 fully saturated rings. The van der Waals surface area contributed by atoms with Gasteiger partial charge in [0, 0.05) is 57.8 Å². The van der Waals surface area contributed by atoms with Crippen LogP contribution in [0.25, 0.3) is 0 Å². The number of aliphatic carboxylic acids is 3. The number of pyridine rings is 2. The summed E-state index contributed by atoms with van der Waals surface area (Å²) in [5, 5.41) is 37.3. The van der Waals surface area contributed by atoms with Crippen LogP contribution < -0.4 is 21.3 Å². The SMILES string of the molecule is O=C(O)CCC(NC(=O)NC(CCCCNC(=O)CCCCCCC(=O)NCCCCCCN(Cc1ccccn1)Cc1ccccn1)C(=O)O)C(=O)O. The Bertz CT molecular complexity index is 1370. The molecule has 0 aliphatic rings. The predicted octanol–water partition coefficient (Wildman–Crippen LogP) is 3.85. The zero-order chi connectivity index (χ0) is 39.4. The number of hydrogen-bond acceptors (Lipinski definition) is 9. The van der Waals surface area contributed by atoms with Crippen LogP contribution >= 0.6 is 0 Å². The molecule has 2 rings (SSSR count). The summed E-state index contributed by atoms with van der Waals surface area (Å²) in [6.45, 7) is 3.48. The van der Waals surface area contributed by atoms with E-state index in [0.717, 1.165) is 76.0 Å². The number of urea groups is 1. The summed E-state index contributed by atoms with van der Waals surface area (Å²) in [6.07, 6.45) is 11.7. The van der Waals surface area contributed by atoms with Gasteiger partial charge in [0.2, 0.25) is 11.8 Å². The molecule has 4 amide bonds. The van der Waals surface area contributed by atoms with Crippen molar-refractivity contribution in [2.45, 2.75) is 121 Å². The van der Waals surface area contributed by atoms with Crippen molar-refractivity contribution in [2.24, 2.45) is 0 Å². The van der Waals surface area contributed by atoms with E-state index in [1.54, 1.807) is 0 Å². The van der Waals surface area contributed by atoms with Gasteiger partial charge < -0.3 is 36.6 Å². The largest absolute Gasteiger partial charge is 0.481 e. The molecule has 2 aromatic heterocycles. The molecule has 0 saturated carbocycles. The van der Waals surface area contributed by atoms with Crippen LogP contribution in [-0.4, -0.2) is 97.7 Å². The van der Waals surface area contributed by atoms with Crippen LogP contribution in [0.3, 0.4) is 0 Å². The van der Waals surface area contributed by atoms with Gasteiger partial charge in [0.1, 0.15) is 12.1 Å². The van der Waals surface area contributed by atoms with Gasteiger partial charge in [-0.3, -0.25) is 29.3 Å². The summed E-state index contributed by atoms with van der Waals surface area (Å²) in [5.41, 5.74) is 2.07. The van der Waals surface area contributed by atoms with E-state index in [9.17, 15) is 33.9 Å². The number of hydrogen-bond donors (Lipinski definition) is 7. The molecule has 0 bridgehead atoms. The van der Waals surface area contributed by atoms with E-state index in [4.69, 9.17) is 10.2 Å². The first-order valence-electron chi connectivity index (χ1n) is 18.8. The van der Waals surface area contributed by atoms with Gasteiger partial charge in [-0.15, -0.1) is 0 Å². The summed E-state index contributed by atoms with van der Waals surface area (Å²) in [5.74, 6) is -4.02. The number of nitrogens with one attached hydrogen (secondary N) is 4. The molecule has 2 atom stereocenters. The smallest absolute Gasteiger partial charge is 0.326 e. The molecule has 2 aromatic rings. The van der Waals surface area contributed by atoms with E-state index in [0.29, 0.717) is 45.2 Å². The fourth-order valence-electron chi connectivity index (χ4n) is 5.64. The predicted molar refractivity (Wildman–Crippen MR) is 200 cm³/mol. The number of unbranched alkanes of at least 4 members (excludes halogenated alkanes) is 7. The number of carbonyl (C=O) groups excluding carboxylic acids is 3. The average Bonchev–Trinajstić information content (AvgIpc) is 3.14. The molecule has 16 nitrogen and oxygen atoms in total. The number of nitrogens with zero attached hydrogens (tertiary/aromatic N) is 3. The third-order valence-corrected chi connectivity index (χ3v) is 8.60. The highest BCUT2D eigenvalue weighted by Gasteiger charge is 2.24. The van der Waals surface area contributed by atoms with Crippen molar-refractivity contribution in [3.8, 4) is 0 Å². The van der Waals surface area contributed by atoms with E-state index in [-0.39, 0.29) is 24.7 Å². The minimum absolute atomic E-state index is 0.0470. The van der Waals surface area contributed by atoms with Gasteiger partial charge in [0.15, 0.2) is 0 Å². The van der Waals surface area contributed by atoms with Crippen molar-refractivity contribution >= 4 is 35.8 Å². The Morgan fingerprint density at radius 3 is 1.54 bits per heavy atom. The zero-order valence-corrected chi connectivity index (χ0v) is 31.0. The topological polar surface area (TPSA) is 240 Å². The van der Waals surface area contributed by atoms with Crippen molar-refractivity contribution < 1.29 is 44.1 Å². The summed E-state index contributed by atoms with van der Waals surface area (Å²) < 4.78 is 0. The first-order chi connectivity index (χ1) is 26.0. The number of carboxylic acid groups (broad SMARTS) is 3. The number of amides is 4. The number of rotatable bonds is 30. The first-order valence-corrected chi connectivity index (χ1v) is 18.8. The standard InChI is InChI=1S/C38H57N7O9/c46-33(41-24-10-3-4-14-26-45(27-29-15-7-11-22-39-29)28-30-16-8-12-23-40-30)18-5-1-2-6-19-34(47)42-25-13-9-17-31(36(50)51)43-38(54)44-32(37(52)53)20-21-35(48)49/h7-8,11-12,15-16,22-23,31-32H,1-6,9-10,13-14,17-21,24-28H2,(H,41,46)(H,42,47)(H,48,49)(H,50,51)(H,52,53)(H2,43,44,54). The van der Waals surface area contributed by atoms with Gasteiger partial charge in [-0.25, -0.2) is 14.4 Å². The van der Waals surface area contributed by atoms with Gasteiger partial charge in [0.25, 0.3) is 0 Å². The lowest BCUT2D eigenvalue weighted by Gasteiger charge is -2.21. The minimum atomic E-state index is -1.47. The second kappa shape index (κ2) is 27.5. The van der Waals surface area contributed by atoms with Gasteiger partial charge in [0.05, 0.1) is 11.4 Å². The van der Waals surface area contributed by atoms with Gasteiger partial charge in [-0.05, 0) is 82.2 Å². The van der Waals surface area contributed by atoms with E-state index >= 15 is 0 Å². The Kier molecular flexibility index (Phi) is 22.9. The highest BCUT2D eigenvalue weighted by Crippen LogP contribution is 2.11. The Morgan fingerprint density at radius 1 is 0.574 bits per heavy atom. The Morgan fingerprint density at radius 2 is 1.06 bits per heavy atom. The summed E-state index contributed by atoms with van der Waals surface area (Å²) in [7, 11) is 0. The third kappa shape index (κ3) is 22.1. The molecule has 2 heterocycles. The van der Waals surface area contributed by atoms with E-state index < -0.39 is 42.4 Å². The molecule has 0 spiro atoms. The molecule has 298 valence electrons. The fraction of sp³-hybridized carbons (Fsp3) is 0.579. The lowest BCUT2D eigenvalue weighted by molar-refractivity contribution is -0.141. The average molecular weight is 756 g/mol. The van der Waals surface area contributed by atoms with Gasteiger partial charge >= 0.3 is 23.9 Å². The zero-order valence-electron chi connectivity index (χ0n) is 31.0. The van der Waals surface area contributed by atoms with Crippen LogP contribution in [0.2, 0.25) is 0 Å². The lowest BCUT2D eigenvalue weighted by Crippen LogP contribution is -2.51. The molecular formula is C38H57N7O9. The van der Waals surface area contributed by atoms with Crippen LogP contribution in [0.15, 0.2) is 48.8 Å². The van der Waals surface area contributed by atoms with Crippen LogP contribution in [-0.2, 0) is 37.1 Å². The van der Waals surface area contributed by atoms with Crippen LogP contribution in [0.4, 0.5) is 4.79 Å². The number of aromatic nitrogens is 2. The molecule has 16 heteroatoms. The third-order valence-electron chi connectivity index (χ3n) is 8.60. The Labute approximate surface area is 316 Å².